The first-order chi connectivity index (χ1) is 8.00. The summed E-state index contributed by atoms with van der Waals surface area (Å²) in [6.07, 6.45) is 2.41. The van der Waals surface area contributed by atoms with Gasteiger partial charge in [-0.3, -0.25) is 4.79 Å². The van der Waals surface area contributed by atoms with E-state index in [0.29, 0.717) is 25.4 Å². The maximum absolute atomic E-state index is 12.1. The molecule has 1 fully saturated rings. The van der Waals surface area contributed by atoms with Gasteiger partial charge in [0.15, 0.2) is 9.84 Å². The van der Waals surface area contributed by atoms with Crippen molar-refractivity contribution in [1.82, 2.24) is 4.90 Å². The third kappa shape index (κ3) is 4.47. The maximum atomic E-state index is 12.1. The third-order valence-electron chi connectivity index (χ3n) is 3.03. The average molecular weight is 282 g/mol. The van der Waals surface area contributed by atoms with Crippen molar-refractivity contribution in [2.75, 3.05) is 30.5 Å². The van der Waals surface area contributed by atoms with E-state index in [0.717, 1.165) is 12.8 Å². The van der Waals surface area contributed by atoms with Crippen LogP contribution in [0.4, 0.5) is 0 Å². The molecule has 0 N–H and O–H groups in total. The summed E-state index contributed by atoms with van der Waals surface area (Å²) in [5.41, 5.74) is 0. The van der Waals surface area contributed by atoms with Crippen molar-refractivity contribution in [3.63, 3.8) is 0 Å². The predicted molar refractivity (Wildman–Crippen MR) is 69.0 cm³/mol. The Labute approximate surface area is 108 Å². The zero-order valence-corrected chi connectivity index (χ0v) is 11.8. The van der Waals surface area contributed by atoms with E-state index in [2.05, 4.69) is 6.92 Å². The number of halogens is 1. The van der Waals surface area contributed by atoms with Gasteiger partial charge in [0.05, 0.1) is 17.4 Å². The molecule has 0 saturated carbocycles. The fourth-order valence-electron chi connectivity index (χ4n) is 2.03. The number of alkyl halides is 1. The van der Waals surface area contributed by atoms with Gasteiger partial charge in [0.1, 0.15) is 0 Å². The average Bonchev–Trinajstić information content (AvgIpc) is 2.64. The third-order valence-corrected chi connectivity index (χ3v) is 4.97. The second kappa shape index (κ2) is 6.59. The topological polar surface area (TPSA) is 54.5 Å². The Morgan fingerprint density at radius 3 is 2.59 bits per heavy atom. The van der Waals surface area contributed by atoms with Gasteiger partial charge in [-0.05, 0) is 12.8 Å². The molecule has 1 amide bonds. The predicted octanol–water partition coefficient (Wildman–Crippen LogP) is 1.29. The number of carbonyl (C=O) groups is 1. The van der Waals surface area contributed by atoms with Gasteiger partial charge in [-0.25, -0.2) is 8.42 Å². The molecule has 1 aliphatic rings. The number of carbonyl (C=O) groups excluding carboxylic acids is 1. The van der Waals surface area contributed by atoms with Gasteiger partial charge in [0, 0.05) is 19.0 Å². The minimum Gasteiger partial charge on any atom is -0.341 e. The highest BCUT2D eigenvalue weighted by atomic mass is 35.5. The van der Waals surface area contributed by atoms with Gasteiger partial charge in [-0.2, -0.15) is 0 Å². The zero-order valence-electron chi connectivity index (χ0n) is 10.2. The Morgan fingerprint density at radius 1 is 1.41 bits per heavy atom. The van der Waals surface area contributed by atoms with E-state index >= 15 is 0 Å². The van der Waals surface area contributed by atoms with Crippen LogP contribution >= 0.6 is 11.6 Å². The first-order valence-corrected chi connectivity index (χ1v) is 8.41. The van der Waals surface area contributed by atoms with Crippen LogP contribution in [0.25, 0.3) is 0 Å². The number of sulfone groups is 1. The lowest BCUT2D eigenvalue weighted by atomic mass is 10.1. The van der Waals surface area contributed by atoms with E-state index in [1.165, 1.54) is 0 Å². The summed E-state index contributed by atoms with van der Waals surface area (Å²) in [6.45, 7) is 3.25. The van der Waals surface area contributed by atoms with Crippen molar-refractivity contribution in [3.8, 4) is 0 Å². The minimum atomic E-state index is -2.99. The molecular formula is C11H20ClNO3S. The molecule has 1 heterocycles. The van der Waals surface area contributed by atoms with E-state index in [4.69, 9.17) is 11.6 Å². The number of hydrogen-bond acceptors (Lipinski definition) is 3. The highest BCUT2D eigenvalue weighted by molar-refractivity contribution is 7.91. The van der Waals surface area contributed by atoms with Gasteiger partial charge in [0.25, 0.3) is 0 Å². The van der Waals surface area contributed by atoms with Crippen LogP contribution in [0.1, 0.15) is 26.2 Å². The summed E-state index contributed by atoms with van der Waals surface area (Å²) in [5, 5.41) is 0. The molecule has 6 heteroatoms. The van der Waals surface area contributed by atoms with Gasteiger partial charge in [0.2, 0.25) is 5.91 Å². The molecule has 0 aliphatic carbocycles. The van der Waals surface area contributed by atoms with Crippen molar-refractivity contribution in [3.05, 3.63) is 0 Å². The van der Waals surface area contributed by atoms with Crippen LogP contribution in [-0.2, 0) is 14.6 Å². The summed E-state index contributed by atoms with van der Waals surface area (Å²) >= 11 is 5.67. The van der Waals surface area contributed by atoms with E-state index in [9.17, 15) is 13.2 Å². The van der Waals surface area contributed by atoms with Gasteiger partial charge >= 0.3 is 0 Å². The van der Waals surface area contributed by atoms with Crippen molar-refractivity contribution < 1.29 is 13.2 Å². The summed E-state index contributed by atoms with van der Waals surface area (Å²) in [6, 6.07) is 0. The molecule has 1 atom stereocenters. The maximum Gasteiger partial charge on any atom is 0.226 e. The lowest BCUT2D eigenvalue weighted by molar-refractivity contribution is -0.134. The first kappa shape index (κ1) is 14.8. The molecule has 0 spiro atoms. The minimum absolute atomic E-state index is 0.0107. The fraction of sp³-hybridized carbons (Fsp3) is 0.909. The fourth-order valence-corrected chi connectivity index (χ4v) is 3.97. The molecule has 1 aliphatic heterocycles. The molecule has 0 radical (unpaired) electrons. The summed E-state index contributed by atoms with van der Waals surface area (Å²) in [7, 11) is -2.99. The van der Waals surface area contributed by atoms with Gasteiger partial charge < -0.3 is 4.90 Å². The SMILES string of the molecule is CCCCN(CCCl)C(=O)C1CCS(=O)(=O)C1. The number of amides is 1. The molecule has 0 aromatic heterocycles. The summed E-state index contributed by atoms with van der Waals surface area (Å²) < 4.78 is 22.7. The van der Waals surface area contributed by atoms with E-state index in [1.54, 1.807) is 4.90 Å². The van der Waals surface area contributed by atoms with Crippen LogP contribution in [0, 0.1) is 5.92 Å². The van der Waals surface area contributed by atoms with Crippen molar-refractivity contribution in [2.45, 2.75) is 26.2 Å². The molecular weight excluding hydrogens is 262 g/mol. The molecule has 1 rings (SSSR count). The van der Waals surface area contributed by atoms with E-state index in [-0.39, 0.29) is 23.3 Å². The normalized spacial score (nSPS) is 22.6. The molecule has 17 heavy (non-hydrogen) atoms. The Kier molecular flexibility index (Phi) is 5.73. The largest absolute Gasteiger partial charge is 0.341 e. The quantitative estimate of drug-likeness (QED) is 0.690. The molecule has 0 aromatic carbocycles. The first-order valence-electron chi connectivity index (χ1n) is 6.05. The molecule has 1 unspecified atom stereocenters. The highest BCUT2D eigenvalue weighted by Crippen LogP contribution is 2.21. The summed E-state index contributed by atoms with van der Waals surface area (Å²) in [5.74, 6) is 0.164. The molecule has 4 nitrogen and oxygen atoms in total. The van der Waals surface area contributed by atoms with Crippen LogP contribution < -0.4 is 0 Å². The monoisotopic (exact) mass is 281 g/mol. The van der Waals surface area contributed by atoms with Crippen molar-refractivity contribution in [2.24, 2.45) is 5.92 Å². The second-order valence-electron chi connectivity index (χ2n) is 4.47. The highest BCUT2D eigenvalue weighted by Gasteiger charge is 2.34. The second-order valence-corrected chi connectivity index (χ2v) is 7.07. The van der Waals surface area contributed by atoms with Crippen LogP contribution in [0.5, 0.6) is 0 Å². The van der Waals surface area contributed by atoms with E-state index < -0.39 is 9.84 Å². The summed E-state index contributed by atoms with van der Waals surface area (Å²) in [4.78, 5) is 13.8. The lowest BCUT2D eigenvalue weighted by Crippen LogP contribution is -2.38. The van der Waals surface area contributed by atoms with E-state index in [1.807, 2.05) is 0 Å². The smallest absolute Gasteiger partial charge is 0.226 e. The standard InChI is InChI=1S/C11H20ClNO3S/c1-2-3-6-13(7-5-12)11(14)10-4-8-17(15,16)9-10/h10H,2-9H2,1H3. The van der Waals surface area contributed by atoms with Crippen LogP contribution in [0.3, 0.4) is 0 Å². The van der Waals surface area contributed by atoms with Crippen LogP contribution in [0.15, 0.2) is 0 Å². The van der Waals surface area contributed by atoms with Crippen LogP contribution in [-0.4, -0.2) is 49.7 Å². The van der Waals surface area contributed by atoms with Gasteiger partial charge in [-0.15, -0.1) is 11.6 Å². The Morgan fingerprint density at radius 2 is 2.12 bits per heavy atom. The molecule has 0 bridgehead atoms. The number of unbranched alkanes of at least 4 members (excludes halogenated alkanes) is 1. The zero-order chi connectivity index (χ0) is 12.9. The Balaban J connectivity index is 2.58. The number of rotatable bonds is 6. The molecule has 100 valence electrons. The van der Waals surface area contributed by atoms with Gasteiger partial charge in [-0.1, -0.05) is 13.3 Å². The number of hydrogen-bond donors (Lipinski definition) is 0. The van der Waals surface area contributed by atoms with Crippen molar-refractivity contribution in [1.29, 1.82) is 0 Å². The molecule has 1 saturated heterocycles. The van der Waals surface area contributed by atoms with Crippen LogP contribution in [0.2, 0.25) is 0 Å². The number of nitrogens with zero attached hydrogens (tertiary/aromatic N) is 1. The van der Waals surface area contributed by atoms with Crippen molar-refractivity contribution >= 4 is 27.3 Å². The lowest BCUT2D eigenvalue weighted by Gasteiger charge is -2.24. The Bertz CT molecular complexity index is 356. The molecule has 0 aromatic rings. The Hall–Kier alpha value is -0.290.